The molecule has 0 spiro atoms. The predicted octanol–water partition coefficient (Wildman–Crippen LogP) is 4.07. The van der Waals surface area contributed by atoms with Gasteiger partial charge in [-0.15, -0.1) is 10.2 Å². The van der Waals surface area contributed by atoms with Crippen LogP contribution in [0.3, 0.4) is 0 Å². The summed E-state index contributed by atoms with van der Waals surface area (Å²) in [6.45, 7) is 6.92. The summed E-state index contributed by atoms with van der Waals surface area (Å²) in [7, 11) is 0. The maximum absolute atomic E-state index is 6.10. The number of benzene rings is 1. The summed E-state index contributed by atoms with van der Waals surface area (Å²) >= 11 is 12.1. The number of hydrogen-bond donors (Lipinski definition) is 0. The van der Waals surface area contributed by atoms with Crippen LogP contribution in [-0.4, -0.2) is 34.8 Å². The molecule has 7 heteroatoms. The van der Waals surface area contributed by atoms with Gasteiger partial charge < -0.3 is 9.15 Å². The van der Waals surface area contributed by atoms with E-state index in [0.29, 0.717) is 35.0 Å². The number of rotatable bonds is 4. The second kappa shape index (κ2) is 7.18. The minimum absolute atomic E-state index is 0.0361. The summed E-state index contributed by atoms with van der Waals surface area (Å²) in [5.74, 6) is 1.56. The highest BCUT2D eigenvalue weighted by Gasteiger charge is 2.24. The average molecular weight is 356 g/mol. The Balaban J connectivity index is 1.66. The molecule has 1 aromatic carbocycles. The maximum Gasteiger partial charge on any atom is 0.230 e. The molecule has 1 atom stereocenters. The molecule has 1 saturated heterocycles. The first-order valence-electron chi connectivity index (χ1n) is 7.64. The van der Waals surface area contributed by atoms with E-state index in [1.807, 2.05) is 26.0 Å². The van der Waals surface area contributed by atoms with Crippen molar-refractivity contribution in [3.63, 3.8) is 0 Å². The zero-order valence-electron chi connectivity index (χ0n) is 13.1. The number of hydrogen-bond acceptors (Lipinski definition) is 5. The van der Waals surface area contributed by atoms with Gasteiger partial charge in [0.25, 0.3) is 0 Å². The molecule has 1 unspecified atom stereocenters. The fraction of sp³-hybridized carbons (Fsp3) is 0.500. The maximum atomic E-state index is 6.10. The SMILES string of the molecule is CC(C)c1nnc(CN2CCOC(c3ccc(Cl)c(Cl)c3)C2)o1. The van der Waals surface area contributed by atoms with Crippen molar-refractivity contribution in [2.75, 3.05) is 19.7 Å². The van der Waals surface area contributed by atoms with Crippen molar-refractivity contribution in [3.05, 3.63) is 45.6 Å². The molecule has 0 amide bonds. The molecule has 1 aromatic heterocycles. The van der Waals surface area contributed by atoms with E-state index in [0.717, 1.165) is 18.7 Å². The Kier molecular flexibility index (Phi) is 5.21. The lowest BCUT2D eigenvalue weighted by Gasteiger charge is -2.32. The first kappa shape index (κ1) is 16.7. The molecular weight excluding hydrogens is 337 g/mol. The van der Waals surface area contributed by atoms with Crippen LogP contribution in [0.1, 0.15) is 43.2 Å². The molecule has 0 bridgehead atoms. The Hall–Kier alpha value is -1.14. The van der Waals surface area contributed by atoms with Crippen LogP contribution in [0.15, 0.2) is 22.6 Å². The fourth-order valence-corrected chi connectivity index (χ4v) is 2.82. The number of nitrogens with zero attached hydrogens (tertiary/aromatic N) is 3. The van der Waals surface area contributed by atoms with Crippen molar-refractivity contribution in [3.8, 4) is 0 Å². The third-order valence-electron chi connectivity index (χ3n) is 3.80. The highest BCUT2D eigenvalue weighted by molar-refractivity contribution is 6.42. The van der Waals surface area contributed by atoms with Crippen LogP contribution in [0.2, 0.25) is 10.0 Å². The Morgan fingerprint density at radius 1 is 1.26 bits per heavy atom. The van der Waals surface area contributed by atoms with E-state index in [4.69, 9.17) is 32.4 Å². The third kappa shape index (κ3) is 4.04. The van der Waals surface area contributed by atoms with Crippen LogP contribution in [0, 0.1) is 0 Å². The summed E-state index contributed by atoms with van der Waals surface area (Å²) in [5, 5.41) is 9.29. The molecule has 23 heavy (non-hydrogen) atoms. The molecule has 0 N–H and O–H groups in total. The van der Waals surface area contributed by atoms with Crippen molar-refractivity contribution in [1.29, 1.82) is 0 Å². The van der Waals surface area contributed by atoms with Gasteiger partial charge in [-0.25, -0.2) is 0 Å². The first-order chi connectivity index (χ1) is 11.0. The average Bonchev–Trinajstić information content (AvgIpc) is 2.99. The molecule has 2 aromatic rings. The van der Waals surface area contributed by atoms with Crippen LogP contribution < -0.4 is 0 Å². The van der Waals surface area contributed by atoms with Crippen molar-refractivity contribution < 1.29 is 9.15 Å². The minimum atomic E-state index is -0.0361. The largest absolute Gasteiger partial charge is 0.424 e. The molecule has 0 saturated carbocycles. The van der Waals surface area contributed by atoms with Crippen LogP contribution >= 0.6 is 23.2 Å². The first-order valence-corrected chi connectivity index (χ1v) is 8.39. The van der Waals surface area contributed by atoms with Crippen molar-refractivity contribution in [2.45, 2.75) is 32.4 Å². The molecule has 0 radical (unpaired) electrons. The van der Waals surface area contributed by atoms with Gasteiger partial charge in [0.15, 0.2) is 0 Å². The third-order valence-corrected chi connectivity index (χ3v) is 4.54. The van der Waals surface area contributed by atoms with Crippen molar-refractivity contribution >= 4 is 23.2 Å². The zero-order chi connectivity index (χ0) is 16.4. The lowest BCUT2D eigenvalue weighted by atomic mass is 10.1. The highest BCUT2D eigenvalue weighted by Crippen LogP contribution is 2.29. The number of ether oxygens (including phenoxy) is 1. The van der Waals surface area contributed by atoms with Gasteiger partial charge in [0, 0.05) is 19.0 Å². The fourth-order valence-electron chi connectivity index (χ4n) is 2.52. The molecule has 5 nitrogen and oxygen atoms in total. The Morgan fingerprint density at radius 2 is 2.09 bits per heavy atom. The van der Waals surface area contributed by atoms with Crippen LogP contribution in [0.25, 0.3) is 0 Å². The van der Waals surface area contributed by atoms with Gasteiger partial charge in [-0.2, -0.15) is 0 Å². The quantitative estimate of drug-likeness (QED) is 0.827. The Morgan fingerprint density at radius 3 is 2.78 bits per heavy atom. The van der Waals surface area contributed by atoms with Gasteiger partial charge in [-0.05, 0) is 17.7 Å². The van der Waals surface area contributed by atoms with Gasteiger partial charge in [0.05, 0.1) is 29.3 Å². The van der Waals surface area contributed by atoms with Gasteiger partial charge in [-0.3, -0.25) is 4.90 Å². The molecule has 1 aliphatic heterocycles. The summed E-state index contributed by atoms with van der Waals surface area (Å²) in [6, 6.07) is 5.61. The van der Waals surface area contributed by atoms with Gasteiger partial charge in [0.1, 0.15) is 0 Å². The second-order valence-corrected chi connectivity index (χ2v) is 6.77. The minimum Gasteiger partial charge on any atom is -0.424 e. The summed E-state index contributed by atoms with van der Waals surface area (Å²) in [5.41, 5.74) is 1.03. The van der Waals surface area contributed by atoms with Gasteiger partial charge in [-0.1, -0.05) is 43.1 Å². The van der Waals surface area contributed by atoms with Crippen molar-refractivity contribution in [1.82, 2.24) is 15.1 Å². The number of morpholine rings is 1. The predicted molar refractivity (Wildman–Crippen MR) is 88.8 cm³/mol. The van der Waals surface area contributed by atoms with Crippen molar-refractivity contribution in [2.24, 2.45) is 0 Å². The molecule has 3 rings (SSSR count). The van der Waals surface area contributed by atoms with E-state index in [1.54, 1.807) is 6.07 Å². The standard InChI is InChI=1S/C16H19Cl2N3O2/c1-10(2)16-20-19-15(23-16)9-21-5-6-22-14(8-21)11-3-4-12(17)13(18)7-11/h3-4,7,10,14H,5-6,8-9H2,1-2H3. The summed E-state index contributed by atoms with van der Waals surface area (Å²) in [4.78, 5) is 2.24. The topological polar surface area (TPSA) is 51.4 Å². The van der Waals surface area contributed by atoms with E-state index in [-0.39, 0.29) is 12.0 Å². The molecule has 1 fully saturated rings. The molecule has 1 aliphatic rings. The van der Waals surface area contributed by atoms with E-state index in [1.165, 1.54) is 0 Å². The smallest absolute Gasteiger partial charge is 0.230 e. The van der Waals surface area contributed by atoms with Gasteiger partial charge in [0.2, 0.25) is 11.8 Å². The summed E-state index contributed by atoms with van der Waals surface area (Å²) in [6.07, 6.45) is -0.0361. The molecular formula is C16H19Cl2N3O2. The van der Waals surface area contributed by atoms with E-state index in [9.17, 15) is 0 Å². The molecule has 2 heterocycles. The lowest BCUT2D eigenvalue weighted by molar-refractivity contribution is -0.0352. The van der Waals surface area contributed by atoms with E-state index < -0.39 is 0 Å². The Bertz CT molecular complexity index is 675. The molecule has 0 aliphatic carbocycles. The lowest BCUT2D eigenvalue weighted by Crippen LogP contribution is -2.37. The monoisotopic (exact) mass is 355 g/mol. The zero-order valence-corrected chi connectivity index (χ0v) is 14.6. The second-order valence-electron chi connectivity index (χ2n) is 5.96. The van der Waals surface area contributed by atoms with Crippen LogP contribution in [0.5, 0.6) is 0 Å². The van der Waals surface area contributed by atoms with Crippen LogP contribution in [-0.2, 0) is 11.3 Å². The van der Waals surface area contributed by atoms with Crippen LogP contribution in [0.4, 0.5) is 0 Å². The highest BCUT2D eigenvalue weighted by atomic mass is 35.5. The normalized spacial score (nSPS) is 19.4. The number of halogens is 2. The summed E-state index contributed by atoms with van der Waals surface area (Å²) < 4.78 is 11.5. The van der Waals surface area contributed by atoms with E-state index in [2.05, 4.69) is 15.1 Å². The number of aromatic nitrogens is 2. The van der Waals surface area contributed by atoms with E-state index >= 15 is 0 Å². The van der Waals surface area contributed by atoms with Gasteiger partial charge >= 0.3 is 0 Å². The Labute approximate surface area is 145 Å². The molecule has 124 valence electrons.